The molecule has 2 aromatic rings. The van der Waals surface area contributed by atoms with Gasteiger partial charge in [0, 0.05) is 11.1 Å². The monoisotopic (exact) mass is 231 g/mol. The van der Waals surface area contributed by atoms with Crippen molar-refractivity contribution in [2.24, 2.45) is 0 Å². The summed E-state index contributed by atoms with van der Waals surface area (Å²) in [5.74, 6) is -0.918. The van der Waals surface area contributed by atoms with Gasteiger partial charge in [-0.3, -0.25) is 0 Å². The number of aromatic carboxylic acids is 1. The van der Waals surface area contributed by atoms with Gasteiger partial charge in [-0.15, -0.1) is 0 Å². The van der Waals surface area contributed by atoms with Crippen molar-refractivity contribution >= 4 is 17.7 Å². The summed E-state index contributed by atoms with van der Waals surface area (Å²) in [6, 6.07) is 12.5. The van der Waals surface area contributed by atoms with E-state index in [9.17, 15) is 4.79 Å². The Morgan fingerprint density at radius 3 is 2.56 bits per heavy atom. The Morgan fingerprint density at radius 1 is 1.12 bits per heavy atom. The fourth-order valence-corrected chi connectivity index (χ4v) is 2.15. The van der Waals surface area contributed by atoms with Gasteiger partial charge in [-0.05, 0) is 24.3 Å². The highest BCUT2D eigenvalue weighted by atomic mass is 32.2. The maximum Gasteiger partial charge on any atom is 0.336 e. The first-order chi connectivity index (χ1) is 7.77. The molecule has 1 N–H and O–H groups in total. The normalized spacial score (nSPS) is 10.0. The van der Waals surface area contributed by atoms with E-state index in [4.69, 9.17) is 5.11 Å². The molecule has 1 aromatic carbocycles. The summed E-state index contributed by atoms with van der Waals surface area (Å²) in [6.45, 7) is 0. The molecule has 1 heterocycles. The molecule has 0 aliphatic heterocycles. The number of rotatable bonds is 3. The summed E-state index contributed by atoms with van der Waals surface area (Å²) in [5.41, 5.74) is 0.304. The van der Waals surface area contributed by atoms with Crippen LogP contribution in [0.5, 0.6) is 0 Å². The number of hydrogen-bond donors (Lipinski definition) is 1. The largest absolute Gasteiger partial charge is 0.478 e. The standard InChI is InChI=1S/C12H9NO2S/c14-12(15)9-5-1-2-6-10(9)16-11-7-3-4-8-13-11/h1-8H,(H,14,15). The number of carbonyl (C=O) groups is 1. The van der Waals surface area contributed by atoms with Gasteiger partial charge in [-0.1, -0.05) is 30.0 Å². The van der Waals surface area contributed by atoms with Crippen molar-refractivity contribution in [3.63, 3.8) is 0 Å². The average Bonchev–Trinajstić information content (AvgIpc) is 2.31. The SMILES string of the molecule is O=C(O)c1ccccc1Sc1ccccn1. The quantitative estimate of drug-likeness (QED) is 0.882. The molecule has 4 heteroatoms. The molecule has 16 heavy (non-hydrogen) atoms. The van der Waals surface area contributed by atoms with Crippen LogP contribution in [0, 0.1) is 0 Å². The fraction of sp³-hybridized carbons (Fsp3) is 0. The topological polar surface area (TPSA) is 50.2 Å². The minimum atomic E-state index is -0.918. The van der Waals surface area contributed by atoms with Gasteiger partial charge in [0.1, 0.15) is 5.03 Å². The summed E-state index contributed by atoms with van der Waals surface area (Å²) >= 11 is 1.35. The van der Waals surface area contributed by atoms with Crippen LogP contribution >= 0.6 is 11.8 Å². The second-order valence-electron chi connectivity index (χ2n) is 3.07. The molecular formula is C12H9NO2S. The Labute approximate surface area is 97.2 Å². The van der Waals surface area contributed by atoms with Crippen molar-refractivity contribution in [1.82, 2.24) is 4.98 Å². The first-order valence-corrected chi connectivity index (χ1v) is 5.50. The van der Waals surface area contributed by atoms with Gasteiger partial charge in [-0.2, -0.15) is 0 Å². The van der Waals surface area contributed by atoms with Crippen molar-refractivity contribution in [2.75, 3.05) is 0 Å². The highest BCUT2D eigenvalue weighted by Gasteiger charge is 2.10. The Bertz CT molecular complexity index is 499. The van der Waals surface area contributed by atoms with E-state index in [0.717, 1.165) is 5.03 Å². The van der Waals surface area contributed by atoms with E-state index in [1.165, 1.54) is 11.8 Å². The molecular weight excluding hydrogens is 222 g/mol. The number of nitrogens with zero attached hydrogens (tertiary/aromatic N) is 1. The van der Waals surface area contributed by atoms with E-state index in [1.807, 2.05) is 24.3 Å². The van der Waals surface area contributed by atoms with E-state index >= 15 is 0 Å². The Kier molecular flexibility index (Phi) is 3.22. The molecule has 0 radical (unpaired) electrons. The highest BCUT2D eigenvalue weighted by molar-refractivity contribution is 7.99. The van der Waals surface area contributed by atoms with Gasteiger partial charge >= 0.3 is 5.97 Å². The van der Waals surface area contributed by atoms with Gasteiger partial charge in [0.05, 0.1) is 5.56 Å². The molecule has 0 atom stereocenters. The molecule has 80 valence electrons. The molecule has 0 amide bonds. The smallest absolute Gasteiger partial charge is 0.336 e. The molecule has 0 spiro atoms. The Hall–Kier alpha value is -1.81. The molecule has 0 aliphatic rings. The van der Waals surface area contributed by atoms with Gasteiger partial charge in [0.15, 0.2) is 0 Å². The molecule has 0 saturated heterocycles. The van der Waals surface area contributed by atoms with Crippen molar-refractivity contribution in [2.45, 2.75) is 9.92 Å². The molecule has 1 aromatic heterocycles. The average molecular weight is 231 g/mol. The third-order valence-electron chi connectivity index (χ3n) is 1.97. The van der Waals surface area contributed by atoms with Crippen LogP contribution in [0.1, 0.15) is 10.4 Å². The minimum Gasteiger partial charge on any atom is -0.478 e. The lowest BCUT2D eigenvalue weighted by Crippen LogP contribution is -1.98. The second-order valence-corrected chi connectivity index (χ2v) is 4.13. The summed E-state index contributed by atoms with van der Waals surface area (Å²) in [6.07, 6.45) is 1.69. The molecule has 0 bridgehead atoms. The summed E-state index contributed by atoms with van der Waals surface area (Å²) in [7, 11) is 0. The third-order valence-corrected chi connectivity index (χ3v) is 3.00. The highest BCUT2D eigenvalue weighted by Crippen LogP contribution is 2.28. The fourth-order valence-electron chi connectivity index (χ4n) is 1.25. The number of pyridine rings is 1. The van der Waals surface area contributed by atoms with Crippen LogP contribution < -0.4 is 0 Å². The van der Waals surface area contributed by atoms with Crippen LogP contribution in [-0.2, 0) is 0 Å². The zero-order chi connectivity index (χ0) is 11.4. The van der Waals surface area contributed by atoms with Crippen LogP contribution in [0.25, 0.3) is 0 Å². The third kappa shape index (κ3) is 2.41. The molecule has 0 saturated carbocycles. The zero-order valence-corrected chi connectivity index (χ0v) is 9.15. The van der Waals surface area contributed by atoms with Crippen molar-refractivity contribution < 1.29 is 9.90 Å². The van der Waals surface area contributed by atoms with Crippen LogP contribution in [-0.4, -0.2) is 16.1 Å². The van der Waals surface area contributed by atoms with Crippen LogP contribution in [0.2, 0.25) is 0 Å². The van der Waals surface area contributed by atoms with E-state index in [-0.39, 0.29) is 0 Å². The van der Waals surface area contributed by atoms with Gasteiger partial charge < -0.3 is 5.11 Å². The lowest BCUT2D eigenvalue weighted by Gasteiger charge is -2.03. The Morgan fingerprint density at radius 2 is 1.88 bits per heavy atom. The maximum absolute atomic E-state index is 11.0. The Balaban J connectivity index is 2.31. The predicted molar refractivity (Wildman–Crippen MR) is 61.8 cm³/mol. The van der Waals surface area contributed by atoms with E-state index in [0.29, 0.717) is 10.5 Å². The number of aromatic nitrogens is 1. The van der Waals surface area contributed by atoms with Crippen molar-refractivity contribution in [3.8, 4) is 0 Å². The second kappa shape index (κ2) is 4.81. The van der Waals surface area contributed by atoms with E-state index < -0.39 is 5.97 Å². The maximum atomic E-state index is 11.0. The number of hydrogen-bond acceptors (Lipinski definition) is 3. The van der Waals surface area contributed by atoms with Crippen LogP contribution in [0.4, 0.5) is 0 Å². The number of carboxylic acid groups (broad SMARTS) is 1. The molecule has 0 aliphatic carbocycles. The molecule has 0 fully saturated rings. The van der Waals surface area contributed by atoms with Crippen molar-refractivity contribution in [3.05, 3.63) is 54.2 Å². The summed E-state index contributed by atoms with van der Waals surface area (Å²) in [4.78, 5) is 15.8. The zero-order valence-electron chi connectivity index (χ0n) is 8.33. The number of benzene rings is 1. The summed E-state index contributed by atoms with van der Waals surface area (Å²) < 4.78 is 0. The predicted octanol–water partition coefficient (Wildman–Crippen LogP) is 2.93. The van der Waals surface area contributed by atoms with E-state index in [2.05, 4.69) is 4.98 Å². The lowest BCUT2D eigenvalue weighted by molar-refractivity contribution is 0.0693. The van der Waals surface area contributed by atoms with Crippen LogP contribution in [0.15, 0.2) is 58.6 Å². The summed E-state index contributed by atoms with van der Waals surface area (Å²) in [5, 5.41) is 9.80. The van der Waals surface area contributed by atoms with Gasteiger partial charge in [-0.25, -0.2) is 9.78 Å². The van der Waals surface area contributed by atoms with Crippen molar-refractivity contribution in [1.29, 1.82) is 0 Å². The van der Waals surface area contributed by atoms with Crippen LogP contribution in [0.3, 0.4) is 0 Å². The number of carboxylic acids is 1. The molecule has 2 rings (SSSR count). The van der Waals surface area contributed by atoms with E-state index in [1.54, 1.807) is 24.4 Å². The molecule has 3 nitrogen and oxygen atoms in total. The van der Waals surface area contributed by atoms with Gasteiger partial charge in [0.25, 0.3) is 0 Å². The lowest BCUT2D eigenvalue weighted by atomic mass is 10.2. The molecule has 0 unspecified atom stereocenters. The first-order valence-electron chi connectivity index (χ1n) is 4.68. The first kappa shape index (κ1) is 10.7. The minimum absolute atomic E-state index is 0.304. The van der Waals surface area contributed by atoms with Gasteiger partial charge in [0.2, 0.25) is 0 Å².